The number of benzene rings is 1. The van der Waals surface area contributed by atoms with E-state index in [2.05, 4.69) is 40.1 Å². The number of fused-ring (bicyclic) bond motifs is 1. The van der Waals surface area contributed by atoms with Crippen molar-refractivity contribution in [2.24, 2.45) is 4.99 Å². The first-order valence-corrected chi connectivity index (χ1v) is 8.25. The molecule has 5 heteroatoms. The summed E-state index contributed by atoms with van der Waals surface area (Å²) in [5.41, 5.74) is 0.907. The molecule has 0 fully saturated rings. The van der Waals surface area contributed by atoms with Crippen molar-refractivity contribution in [2.75, 3.05) is 6.54 Å². The van der Waals surface area contributed by atoms with Crippen molar-refractivity contribution in [3.05, 3.63) is 58.5 Å². The first kappa shape index (κ1) is 14.7. The highest BCUT2D eigenvalue weighted by Gasteiger charge is 2.03. The maximum atomic E-state index is 5.79. The fourth-order valence-corrected chi connectivity index (χ4v) is 2.84. The molecule has 22 heavy (non-hydrogen) atoms. The minimum absolute atomic E-state index is 0.522. The van der Waals surface area contributed by atoms with Crippen molar-refractivity contribution in [3.63, 3.8) is 0 Å². The van der Waals surface area contributed by atoms with E-state index < -0.39 is 0 Å². The summed E-state index contributed by atoms with van der Waals surface area (Å²) >= 11 is 1.74. The fourth-order valence-electron chi connectivity index (χ4n) is 2.20. The molecule has 0 saturated carbocycles. The van der Waals surface area contributed by atoms with Crippen LogP contribution in [0, 0.1) is 0 Å². The number of furan rings is 1. The number of aliphatic imine (C=N–C) groups is 1. The molecule has 3 rings (SSSR count). The van der Waals surface area contributed by atoms with E-state index in [1.807, 2.05) is 30.3 Å². The molecule has 2 heterocycles. The van der Waals surface area contributed by atoms with Gasteiger partial charge in [0.1, 0.15) is 17.9 Å². The Bertz CT molecular complexity index is 713. The van der Waals surface area contributed by atoms with Gasteiger partial charge in [-0.1, -0.05) is 24.3 Å². The van der Waals surface area contributed by atoms with E-state index >= 15 is 0 Å². The lowest BCUT2D eigenvalue weighted by atomic mass is 10.2. The highest BCUT2D eigenvalue weighted by atomic mass is 32.1. The third kappa shape index (κ3) is 3.68. The molecule has 1 aromatic carbocycles. The van der Waals surface area contributed by atoms with Crippen molar-refractivity contribution in [2.45, 2.75) is 20.0 Å². The predicted molar refractivity (Wildman–Crippen MR) is 92.2 cm³/mol. The topological polar surface area (TPSA) is 49.6 Å². The van der Waals surface area contributed by atoms with Crippen LogP contribution in [0.15, 0.2) is 57.3 Å². The van der Waals surface area contributed by atoms with Crippen LogP contribution in [0.4, 0.5) is 0 Å². The monoisotopic (exact) mass is 313 g/mol. The minimum atomic E-state index is 0.522. The van der Waals surface area contributed by atoms with Gasteiger partial charge in [-0.2, -0.15) is 0 Å². The van der Waals surface area contributed by atoms with Crippen molar-refractivity contribution in [1.82, 2.24) is 10.6 Å². The van der Waals surface area contributed by atoms with E-state index in [0.29, 0.717) is 6.54 Å². The van der Waals surface area contributed by atoms with Crippen LogP contribution in [0.25, 0.3) is 11.0 Å². The Hall–Kier alpha value is -2.27. The highest BCUT2D eigenvalue weighted by Crippen LogP contribution is 2.19. The second-order valence-electron chi connectivity index (χ2n) is 4.88. The quantitative estimate of drug-likeness (QED) is 0.557. The van der Waals surface area contributed by atoms with Gasteiger partial charge in [0.15, 0.2) is 5.96 Å². The first-order valence-electron chi connectivity index (χ1n) is 7.37. The van der Waals surface area contributed by atoms with Crippen LogP contribution in [0.5, 0.6) is 0 Å². The van der Waals surface area contributed by atoms with Crippen LogP contribution in [-0.2, 0) is 13.1 Å². The maximum absolute atomic E-state index is 5.79. The molecule has 3 aromatic rings. The third-order valence-corrected chi connectivity index (χ3v) is 4.10. The SMILES string of the molecule is CCNC(=NCc1cc2ccccc2o1)NCc1cccs1. The molecule has 2 N–H and O–H groups in total. The van der Waals surface area contributed by atoms with Crippen LogP contribution in [-0.4, -0.2) is 12.5 Å². The Labute approximate surface area is 133 Å². The lowest BCUT2D eigenvalue weighted by Crippen LogP contribution is -2.36. The van der Waals surface area contributed by atoms with E-state index in [1.165, 1.54) is 4.88 Å². The zero-order valence-corrected chi connectivity index (χ0v) is 13.3. The number of nitrogens with zero attached hydrogens (tertiary/aromatic N) is 1. The van der Waals surface area contributed by atoms with Gasteiger partial charge in [-0.05, 0) is 30.5 Å². The average Bonchev–Trinajstić information content (AvgIpc) is 3.18. The van der Waals surface area contributed by atoms with E-state index in [9.17, 15) is 0 Å². The molecule has 0 aliphatic carbocycles. The average molecular weight is 313 g/mol. The molecule has 0 saturated heterocycles. The summed E-state index contributed by atoms with van der Waals surface area (Å²) in [4.78, 5) is 5.87. The van der Waals surface area contributed by atoms with Gasteiger partial charge in [-0.3, -0.25) is 0 Å². The molecule has 0 spiro atoms. The number of para-hydroxylation sites is 1. The van der Waals surface area contributed by atoms with Crippen LogP contribution in [0.2, 0.25) is 0 Å². The molecule has 2 aromatic heterocycles. The van der Waals surface area contributed by atoms with Crippen LogP contribution >= 0.6 is 11.3 Å². The summed E-state index contributed by atoms with van der Waals surface area (Å²) in [6.07, 6.45) is 0. The summed E-state index contributed by atoms with van der Waals surface area (Å²) in [5, 5.41) is 9.78. The number of thiophene rings is 1. The van der Waals surface area contributed by atoms with E-state index in [1.54, 1.807) is 11.3 Å². The number of guanidine groups is 1. The van der Waals surface area contributed by atoms with E-state index in [4.69, 9.17) is 4.42 Å². The van der Waals surface area contributed by atoms with Gasteiger partial charge >= 0.3 is 0 Å². The largest absolute Gasteiger partial charge is 0.459 e. The Morgan fingerprint density at radius 2 is 2.09 bits per heavy atom. The number of rotatable bonds is 5. The minimum Gasteiger partial charge on any atom is -0.459 e. The number of hydrogen-bond donors (Lipinski definition) is 2. The van der Waals surface area contributed by atoms with Crippen LogP contribution < -0.4 is 10.6 Å². The van der Waals surface area contributed by atoms with Crippen molar-refractivity contribution >= 4 is 28.3 Å². The zero-order chi connectivity index (χ0) is 15.2. The summed E-state index contributed by atoms with van der Waals surface area (Å²) in [6.45, 7) is 4.19. The Balaban J connectivity index is 1.66. The number of nitrogens with one attached hydrogen (secondary N) is 2. The second kappa shape index (κ2) is 7.13. The Morgan fingerprint density at radius 3 is 2.86 bits per heavy atom. The standard InChI is InChI=1S/C17H19N3OS/c1-2-18-17(20-12-15-7-5-9-22-15)19-11-14-10-13-6-3-4-8-16(13)21-14/h3-10H,2,11-12H2,1H3,(H2,18,19,20). The van der Waals surface area contributed by atoms with Crippen molar-refractivity contribution in [3.8, 4) is 0 Å². The van der Waals surface area contributed by atoms with Gasteiger partial charge in [-0.15, -0.1) is 11.3 Å². The predicted octanol–water partition coefficient (Wildman–Crippen LogP) is 3.75. The molecule has 0 amide bonds. The molecule has 0 bridgehead atoms. The molecular weight excluding hydrogens is 294 g/mol. The highest BCUT2D eigenvalue weighted by molar-refractivity contribution is 7.09. The molecule has 0 aliphatic heterocycles. The fraction of sp³-hybridized carbons (Fsp3) is 0.235. The second-order valence-corrected chi connectivity index (χ2v) is 5.91. The third-order valence-electron chi connectivity index (χ3n) is 3.22. The normalized spacial score (nSPS) is 11.8. The Kier molecular flexibility index (Phi) is 4.75. The molecule has 0 aliphatic rings. The molecular formula is C17H19N3OS. The molecule has 0 unspecified atom stereocenters. The lowest BCUT2D eigenvalue weighted by Gasteiger charge is -2.09. The zero-order valence-electron chi connectivity index (χ0n) is 12.5. The summed E-state index contributed by atoms with van der Waals surface area (Å²) in [5.74, 6) is 1.67. The first-order chi connectivity index (χ1) is 10.8. The van der Waals surface area contributed by atoms with Gasteiger partial charge in [0.25, 0.3) is 0 Å². The molecule has 4 nitrogen and oxygen atoms in total. The van der Waals surface area contributed by atoms with Crippen molar-refractivity contribution < 1.29 is 4.42 Å². The van der Waals surface area contributed by atoms with Gasteiger partial charge < -0.3 is 15.1 Å². The smallest absolute Gasteiger partial charge is 0.191 e. The Morgan fingerprint density at radius 1 is 1.18 bits per heavy atom. The molecule has 0 atom stereocenters. The molecule has 0 radical (unpaired) electrons. The van der Waals surface area contributed by atoms with Crippen molar-refractivity contribution in [1.29, 1.82) is 0 Å². The van der Waals surface area contributed by atoms with E-state index in [0.717, 1.165) is 35.8 Å². The van der Waals surface area contributed by atoms with Gasteiger partial charge in [0.05, 0.1) is 6.54 Å². The van der Waals surface area contributed by atoms with Gasteiger partial charge in [0.2, 0.25) is 0 Å². The maximum Gasteiger partial charge on any atom is 0.191 e. The van der Waals surface area contributed by atoms with Crippen LogP contribution in [0.1, 0.15) is 17.6 Å². The number of hydrogen-bond acceptors (Lipinski definition) is 3. The van der Waals surface area contributed by atoms with Crippen LogP contribution in [0.3, 0.4) is 0 Å². The summed E-state index contributed by atoms with van der Waals surface area (Å²) in [7, 11) is 0. The van der Waals surface area contributed by atoms with Gasteiger partial charge in [-0.25, -0.2) is 4.99 Å². The summed E-state index contributed by atoms with van der Waals surface area (Å²) in [6, 6.07) is 14.2. The molecule has 114 valence electrons. The van der Waals surface area contributed by atoms with E-state index in [-0.39, 0.29) is 0 Å². The lowest BCUT2D eigenvalue weighted by molar-refractivity contribution is 0.551. The van der Waals surface area contributed by atoms with Gasteiger partial charge in [0, 0.05) is 16.8 Å². The summed E-state index contributed by atoms with van der Waals surface area (Å²) < 4.78 is 5.79.